The van der Waals surface area contributed by atoms with Crippen molar-refractivity contribution in [3.8, 4) is 0 Å². The lowest BCUT2D eigenvalue weighted by atomic mass is 9.91. The van der Waals surface area contributed by atoms with E-state index >= 15 is 0 Å². The van der Waals surface area contributed by atoms with E-state index in [4.69, 9.17) is 0 Å². The minimum atomic E-state index is -3.31. The molecule has 0 aromatic rings. The van der Waals surface area contributed by atoms with Gasteiger partial charge in [0, 0.05) is 24.5 Å². The Balaban J connectivity index is 2.46. The molecule has 1 N–H and O–H groups in total. The molecule has 0 bridgehead atoms. The van der Waals surface area contributed by atoms with Gasteiger partial charge < -0.3 is 0 Å². The zero-order valence-corrected chi connectivity index (χ0v) is 14.8. The van der Waals surface area contributed by atoms with Crippen LogP contribution in [0.25, 0.3) is 0 Å². The second-order valence-corrected chi connectivity index (χ2v) is 9.87. The van der Waals surface area contributed by atoms with Gasteiger partial charge in [0.1, 0.15) is 0 Å². The van der Waals surface area contributed by atoms with Crippen LogP contribution >= 0.6 is 15.9 Å². The van der Waals surface area contributed by atoms with Gasteiger partial charge in [-0.15, -0.1) is 0 Å². The molecular formula is C13H27BrN2O2S. The van der Waals surface area contributed by atoms with Crippen molar-refractivity contribution in [2.75, 3.05) is 19.6 Å². The van der Waals surface area contributed by atoms with Gasteiger partial charge in [0.15, 0.2) is 0 Å². The van der Waals surface area contributed by atoms with Crippen molar-refractivity contribution in [2.24, 2.45) is 11.3 Å². The third kappa shape index (κ3) is 6.56. The van der Waals surface area contributed by atoms with Crippen LogP contribution in [0.1, 0.15) is 47.0 Å². The monoisotopic (exact) mass is 354 g/mol. The molecule has 1 aliphatic heterocycles. The Morgan fingerprint density at radius 2 is 2.05 bits per heavy atom. The van der Waals surface area contributed by atoms with Crippen molar-refractivity contribution in [3.63, 3.8) is 0 Å². The van der Waals surface area contributed by atoms with Crippen LogP contribution in [0.15, 0.2) is 0 Å². The summed E-state index contributed by atoms with van der Waals surface area (Å²) in [6.45, 7) is 10.3. The van der Waals surface area contributed by atoms with Crippen LogP contribution in [-0.2, 0) is 10.2 Å². The minimum absolute atomic E-state index is 0.171. The third-order valence-corrected chi connectivity index (χ3v) is 5.47. The molecule has 1 fully saturated rings. The molecule has 0 aromatic carbocycles. The van der Waals surface area contributed by atoms with E-state index in [-0.39, 0.29) is 10.2 Å². The van der Waals surface area contributed by atoms with Crippen molar-refractivity contribution in [1.82, 2.24) is 9.03 Å². The van der Waals surface area contributed by atoms with Gasteiger partial charge in [-0.1, -0.05) is 43.6 Å². The van der Waals surface area contributed by atoms with Crippen LogP contribution in [0.4, 0.5) is 0 Å². The first-order valence-corrected chi connectivity index (χ1v) is 9.34. The molecule has 4 nitrogen and oxygen atoms in total. The second kappa shape index (κ2) is 6.87. The fourth-order valence-electron chi connectivity index (χ4n) is 2.39. The van der Waals surface area contributed by atoms with Gasteiger partial charge in [-0.25, -0.2) is 4.72 Å². The smallest absolute Gasteiger partial charge is 0.201 e. The molecule has 0 radical (unpaired) electrons. The molecule has 6 heteroatoms. The van der Waals surface area contributed by atoms with Crippen molar-refractivity contribution >= 4 is 26.1 Å². The van der Waals surface area contributed by atoms with E-state index in [1.807, 2.05) is 0 Å². The first-order valence-electron chi connectivity index (χ1n) is 6.99. The molecule has 1 aliphatic rings. The molecule has 19 heavy (non-hydrogen) atoms. The van der Waals surface area contributed by atoms with Gasteiger partial charge in [-0.3, -0.25) is 0 Å². The number of hydrogen-bond acceptors (Lipinski definition) is 2. The van der Waals surface area contributed by atoms with Crippen molar-refractivity contribution in [3.05, 3.63) is 0 Å². The number of nitrogens with zero attached hydrogens (tertiary/aromatic N) is 1. The lowest BCUT2D eigenvalue weighted by Crippen LogP contribution is -2.47. The number of nitrogens with one attached hydrogen (secondary N) is 1. The normalized spacial score (nSPS) is 24.4. The van der Waals surface area contributed by atoms with Crippen LogP contribution in [0.3, 0.4) is 0 Å². The molecule has 1 heterocycles. The van der Waals surface area contributed by atoms with Crippen molar-refractivity contribution < 1.29 is 8.42 Å². The number of hydrogen-bond donors (Lipinski definition) is 1. The van der Waals surface area contributed by atoms with E-state index in [1.54, 1.807) is 4.31 Å². The Labute approximate surface area is 126 Å². The first-order chi connectivity index (χ1) is 8.60. The third-order valence-electron chi connectivity index (χ3n) is 3.28. The fourth-order valence-corrected chi connectivity index (χ4v) is 5.15. The van der Waals surface area contributed by atoms with Gasteiger partial charge in [-0.2, -0.15) is 12.7 Å². The molecular weight excluding hydrogens is 328 g/mol. The Morgan fingerprint density at radius 3 is 2.58 bits per heavy atom. The summed E-state index contributed by atoms with van der Waals surface area (Å²) in [5, 5.41) is 0. The summed E-state index contributed by atoms with van der Waals surface area (Å²) in [5.74, 6) is 0.458. The maximum Gasteiger partial charge on any atom is 0.279 e. The highest BCUT2D eigenvalue weighted by Gasteiger charge is 2.27. The van der Waals surface area contributed by atoms with Crippen LogP contribution in [0, 0.1) is 11.3 Å². The first kappa shape index (κ1) is 17.4. The number of rotatable bonds is 5. The van der Waals surface area contributed by atoms with E-state index in [2.05, 4.69) is 48.3 Å². The predicted octanol–water partition coefficient (Wildman–Crippen LogP) is 2.75. The molecule has 0 aromatic heterocycles. The largest absolute Gasteiger partial charge is 0.279 e. The van der Waals surface area contributed by atoms with Crippen molar-refractivity contribution in [2.45, 2.75) is 51.8 Å². The van der Waals surface area contributed by atoms with Crippen molar-refractivity contribution in [1.29, 1.82) is 0 Å². The number of alkyl halides is 1. The summed E-state index contributed by atoms with van der Waals surface area (Å²) in [7, 11) is -3.31. The van der Waals surface area contributed by atoms with Gasteiger partial charge in [0.25, 0.3) is 10.2 Å². The summed E-state index contributed by atoms with van der Waals surface area (Å²) in [5.41, 5.74) is 0.194. The zero-order valence-electron chi connectivity index (χ0n) is 12.4. The van der Waals surface area contributed by atoms with Crippen LogP contribution in [0.5, 0.6) is 0 Å². The molecule has 2 unspecified atom stereocenters. The summed E-state index contributed by atoms with van der Waals surface area (Å²) in [6.07, 6.45) is 3.02. The molecule has 1 rings (SSSR count). The average Bonchev–Trinajstić information content (AvgIpc) is 2.24. The Bertz CT molecular complexity index is 379. The highest BCUT2D eigenvalue weighted by atomic mass is 79.9. The fraction of sp³-hybridized carbons (Fsp3) is 1.00. The van der Waals surface area contributed by atoms with E-state index in [9.17, 15) is 8.42 Å². The second-order valence-electron chi connectivity index (χ2n) is 6.82. The topological polar surface area (TPSA) is 49.4 Å². The quantitative estimate of drug-likeness (QED) is 0.771. The molecule has 0 aliphatic carbocycles. The summed E-state index contributed by atoms with van der Waals surface area (Å²) < 4.78 is 28.7. The predicted molar refractivity (Wildman–Crippen MR) is 83.7 cm³/mol. The molecule has 2 atom stereocenters. The van der Waals surface area contributed by atoms with Crippen LogP contribution in [-0.4, -0.2) is 37.2 Å². The molecule has 1 saturated heterocycles. The average molecular weight is 355 g/mol. The summed E-state index contributed by atoms with van der Waals surface area (Å²) in [6, 6.07) is 0. The van der Waals surface area contributed by atoms with Gasteiger partial charge in [0.2, 0.25) is 0 Å². The molecule has 0 amide bonds. The summed E-state index contributed by atoms with van der Waals surface area (Å²) in [4.78, 5) is 0.171. The van der Waals surface area contributed by atoms with Crippen LogP contribution < -0.4 is 4.72 Å². The SMILES string of the molecule is CC1CCCN(S(=O)(=O)NCC(Br)CC(C)(C)C)C1. The highest BCUT2D eigenvalue weighted by Crippen LogP contribution is 2.24. The van der Waals surface area contributed by atoms with Gasteiger partial charge in [-0.05, 0) is 30.6 Å². The minimum Gasteiger partial charge on any atom is -0.201 e. The number of halogens is 1. The lowest BCUT2D eigenvalue weighted by molar-refractivity contribution is 0.278. The zero-order chi connectivity index (χ0) is 14.7. The molecule has 0 spiro atoms. The van der Waals surface area contributed by atoms with E-state index in [0.29, 0.717) is 25.6 Å². The van der Waals surface area contributed by atoms with E-state index in [0.717, 1.165) is 19.3 Å². The standard InChI is InChI=1S/C13H27BrN2O2S/c1-11-6-5-7-16(10-11)19(17,18)15-9-12(14)8-13(2,3)4/h11-12,15H,5-10H2,1-4H3. The van der Waals surface area contributed by atoms with Gasteiger partial charge in [0.05, 0.1) is 0 Å². The Morgan fingerprint density at radius 1 is 1.42 bits per heavy atom. The molecule has 0 saturated carbocycles. The van der Waals surface area contributed by atoms with Gasteiger partial charge >= 0.3 is 0 Å². The van der Waals surface area contributed by atoms with Crippen LogP contribution in [0.2, 0.25) is 0 Å². The maximum absolute atomic E-state index is 12.2. The maximum atomic E-state index is 12.2. The highest BCUT2D eigenvalue weighted by molar-refractivity contribution is 9.09. The number of piperidine rings is 1. The van der Waals surface area contributed by atoms with E-state index in [1.165, 1.54) is 0 Å². The Hall–Kier alpha value is 0.350. The summed E-state index contributed by atoms with van der Waals surface area (Å²) >= 11 is 3.56. The van der Waals surface area contributed by atoms with E-state index < -0.39 is 10.2 Å². The molecule has 114 valence electrons. The lowest BCUT2D eigenvalue weighted by Gasteiger charge is -2.30. The Kier molecular flexibility index (Phi) is 6.29.